The van der Waals surface area contributed by atoms with E-state index in [2.05, 4.69) is 29.8 Å². The summed E-state index contributed by atoms with van der Waals surface area (Å²) < 4.78 is 10.9. The van der Waals surface area contributed by atoms with Crippen molar-refractivity contribution in [3.8, 4) is 0 Å². The first-order valence-corrected chi connectivity index (χ1v) is 7.46. The summed E-state index contributed by atoms with van der Waals surface area (Å²) in [5.74, 6) is 0. The second-order valence-electron chi connectivity index (χ2n) is 4.78. The molecule has 0 heterocycles. The second kappa shape index (κ2) is 14.2. The van der Waals surface area contributed by atoms with E-state index in [9.17, 15) is 0 Å². The van der Waals surface area contributed by atoms with Crippen LogP contribution in [-0.4, -0.2) is 65.7 Å². The average molecular weight is 275 g/mol. The summed E-state index contributed by atoms with van der Waals surface area (Å²) in [5.41, 5.74) is 0. The number of nitrogens with one attached hydrogen (secondary N) is 3. The van der Waals surface area contributed by atoms with Crippen LogP contribution in [0.15, 0.2) is 0 Å². The summed E-state index contributed by atoms with van der Waals surface area (Å²) in [6.07, 6.45) is 2.73. The van der Waals surface area contributed by atoms with E-state index in [-0.39, 0.29) is 12.2 Å². The van der Waals surface area contributed by atoms with Crippen molar-refractivity contribution in [1.82, 2.24) is 16.0 Å². The lowest BCUT2D eigenvalue weighted by Gasteiger charge is -2.20. The quantitative estimate of drug-likeness (QED) is 0.406. The molecular weight excluding hydrogens is 242 g/mol. The topological polar surface area (TPSA) is 54.5 Å². The molecule has 0 radical (unpaired) electrons. The Morgan fingerprint density at radius 1 is 0.684 bits per heavy atom. The van der Waals surface area contributed by atoms with Crippen LogP contribution in [0.4, 0.5) is 0 Å². The minimum absolute atomic E-state index is 0.215. The first-order valence-electron chi connectivity index (χ1n) is 7.46. The van der Waals surface area contributed by atoms with E-state index in [1.165, 1.54) is 0 Å². The Morgan fingerprint density at radius 3 is 1.37 bits per heavy atom. The fraction of sp³-hybridized carbons (Fsp3) is 1.00. The third kappa shape index (κ3) is 11.3. The van der Waals surface area contributed by atoms with Crippen molar-refractivity contribution >= 4 is 0 Å². The molecule has 0 amide bonds. The molecule has 0 aliphatic carbocycles. The van der Waals surface area contributed by atoms with E-state index in [4.69, 9.17) is 9.47 Å². The Hall–Kier alpha value is -0.200. The van der Waals surface area contributed by atoms with Crippen LogP contribution in [0, 0.1) is 0 Å². The Morgan fingerprint density at radius 2 is 1.05 bits per heavy atom. The maximum absolute atomic E-state index is 5.43. The van der Waals surface area contributed by atoms with Crippen molar-refractivity contribution < 1.29 is 9.47 Å². The maximum atomic E-state index is 5.43. The Bertz CT molecular complexity index is 164. The van der Waals surface area contributed by atoms with Crippen LogP contribution >= 0.6 is 0 Å². The highest BCUT2D eigenvalue weighted by Gasteiger charge is 2.09. The van der Waals surface area contributed by atoms with E-state index in [1.807, 2.05) is 0 Å². The number of ether oxygens (including phenoxy) is 2. The molecule has 0 aromatic rings. The van der Waals surface area contributed by atoms with Crippen LogP contribution in [0.25, 0.3) is 0 Å². The molecule has 2 unspecified atom stereocenters. The highest BCUT2D eigenvalue weighted by atomic mass is 16.5. The first-order chi connectivity index (χ1) is 9.28. The lowest BCUT2D eigenvalue weighted by atomic mass is 10.3. The van der Waals surface area contributed by atoms with Gasteiger partial charge in [-0.3, -0.25) is 0 Å². The highest BCUT2D eigenvalue weighted by molar-refractivity contribution is 4.69. The number of hydrogen-bond donors (Lipinski definition) is 3. The van der Waals surface area contributed by atoms with Crippen molar-refractivity contribution in [2.75, 3.05) is 53.5 Å². The standard InChI is InChI=1S/C14H33N3O2/c1-5-7-15-9-13(18-3)11-17-12-14(19-4)10-16-8-6-2/h13-17H,5-12H2,1-4H3. The minimum Gasteiger partial charge on any atom is -0.379 e. The van der Waals surface area contributed by atoms with Crippen LogP contribution in [0.5, 0.6) is 0 Å². The fourth-order valence-corrected chi connectivity index (χ4v) is 1.76. The van der Waals surface area contributed by atoms with Crippen molar-refractivity contribution in [2.24, 2.45) is 0 Å². The first kappa shape index (κ1) is 18.8. The van der Waals surface area contributed by atoms with Gasteiger partial charge in [0.2, 0.25) is 0 Å². The zero-order valence-corrected chi connectivity index (χ0v) is 13.1. The Labute approximate surface area is 118 Å². The molecule has 0 aromatic heterocycles. The lowest BCUT2D eigenvalue weighted by Crippen LogP contribution is -2.42. The van der Waals surface area contributed by atoms with Crippen molar-refractivity contribution in [3.63, 3.8) is 0 Å². The molecule has 0 spiro atoms. The van der Waals surface area contributed by atoms with Gasteiger partial charge in [0.15, 0.2) is 0 Å². The number of hydrogen-bond acceptors (Lipinski definition) is 5. The predicted molar refractivity (Wildman–Crippen MR) is 80.8 cm³/mol. The summed E-state index contributed by atoms with van der Waals surface area (Å²) in [6, 6.07) is 0. The van der Waals surface area contributed by atoms with Gasteiger partial charge in [-0.15, -0.1) is 0 Å². The summed E-state index contributed by atoms with van der Waals surface area (Å²) in [5, 5.41) is 10.2. The Kier molecular flexibility index (Phi) is 14.1. The fourth-order valence-electron chi connectivity index (χ4n) is 1.76. The van der Waals surface area contributed by atoms with Gasteiger partial charge in [0.1, 0.15) is 0 Å². The van der Waals surface area contributed by atoms with Crippen LogP contribution in [0.2, 0.25) is 0 Å². The molecule has 0 bridgehead atoms. The van der Waals surface area contributed by atoms with Crippen molar-refractivity contribution in [2.45, 2.75) is 38.9 Å². The SMILES string of the molecule is CCCNCC(CNCC(CNCCC)OC)OC. The molecule has 116 valence electrons. The summed E-state index contributed by atoms with van der Waals surface area (Å²) in [4.78, 5) is 0. The summed E-state index contributed by atoms with van der Waals surface area (Å²) in [7, 11) is 3.52. The molecule has 0 rings (SSSR count). The van der Waals surface area contributed by atoms with Crippen LogP contribution in [-0.2, 0) is 9.47 Å². The number of rotatable bonds is 14. The zero-order chi connectivity index (χ0) is 14.3. The molecule has 0 aliphatic rings. The van der Waals surface area contributed by atoms with Gasteiger partial charge < -0.3 is 25.4 Å². The van der Waals surface area contributed by atoms with E-state index in [0.29, 0.717) is 0 Å². The normalized spacial score (nSPS) is 14.5. The van der Waals surface area contributed by atoms with Crippen molar-refractivity contribution in [1.29, 1.82) is 0 Å². The van der Waals surface area contributed by atoms with Gasteiger partial charge in [-0.25, -0.2) is 0 Å². The molecule has 0 aromatic carbocycles. The minimum atomic E-state index is 0.215. The van der Waals surface area contributed by atoms with Crippen LogP contribution in [0.1, 0.15) is 26.7 Å². The van der Waals surface area contributed by atoms with E-state index >= 15 is 0 Å². The molecule has 19 heavy (non-hydrogen) atoms. The Balaban J connectivity index is 3.64. The molecule has 0 aliphatic heterocycles. The molecule has 2 atom stereocenters. The molecule has 3 N–H and O–H groups in total. The van der Waals surface area contributed by atoms with E-state index in [1.54, 1.807) is 14.2 Å². The van der Waals surface area contributed by atoms with Gasteiger partial charge in [-0.2, -0.15) is 0 Å². The van der Waals surface area contributed by atoms with Crippen LogP contribution in [0.3, 0.4) is 0 Å². The van der Waals surface area contributed by atoms with Gasteiger partial charge in [-0.05, 0) is 25.9 Å². The van der Waals surface area contributed by atoms with Gasteiger partial charge in [-0.1, -0.05) is 13.8 Å². The molecule has 0 saturated heterocycles. The third-order valence-electron chi connectivity index (χ3n) is 3.01. The van der Waals surface area contributed by atoms with Gasteiger partial charge in [0, 0.05) is 40.4 Å². The van der Waals surface area contributed by atoms with E-state index in [0.717, 1.165) is 52.1 Å². The second-order valence-corrected chi connectivity index (χ2v) is 4.78. The summed E-state index contributed by atoms with van der Waals surface area (Å²) >= 11 is 0. The van der Waals surface area contributed by atoms with Gasteiger partial charge in [0.25, 0.3) is 0 Å². The molecular formula is C14H33N3O2. The highest BCUT2D eigenvalue weighted by Crippen LogP contribution is 1.90. The average Bonchev–Trinajstić information content (AvgIpc) is 2.44. The van der Waals surface area contributed by atoms with Gasteiger partial charge >= 0.3 is 0 Å². The third-order valence-corrected chi connectivity index (χ3v) is 3.01. The molecule has 0 fully saturated rings. The van der Waals surface area contributed by atoms with Gasteiger partial charge in [0.05, 0.1) is 12.2 Å². The van der Waals surface area contributed by atoms with Crippen molar-refractivity contribution in [3.05, 3.63) is 0 Å². The zero-order valence-electron chi connectivity index (χ0n) is 13.1. The summed E-state index contributed by atoms with van der Waals surface area (Å²) in [6.45, 7) is 9.90. The molecule has 5 nitrogen and oxygen atoms in total. The lowest BCUT2D eigenvalue weighted by molar-refractivity contribution is 0.0806. The monoisotopic (exact) mass is 275 g/mol. The van der Waals surface area contributed by atoms with Crippen LogP contribution < -0.4 is 16.0 Å². The molecule has 5 heteroatoms. The smallest absolute Gasteiger partial charge is 0.0819 e. The predicted octanol–water partition coefficient (Wildman–Crippen LogP) is 0.605. The maximum Gasteiger partial charge on any atom is 0.0819 e. The van der Waals surface area contributed by atoms with E-state index < -0.39 is 0 Å². The number of methoxy groups -OCH3 is 2. The molecule has 0 saturated carbocycles. The largest absolute Gasteiger partial charge is 0.379 e.